The van der Waals surface area contributed by atoms with Crippen molar-refractivity contribution < 1.29 is 4.42 Å². The van der Waals surface area contributed by atoms with Crippen LogP contribution in [0.4, 0.5) is 0 Å². The van der Waals surface area contributed by atoms with E-state index in [4.69, 9.17) is 4.42 Å². The van der Waals surface area contributed by atoms with E-state index < -0.39 is 0 Å². The smallest absolute Gasteiger partial charge is 0.134 e. The zero-order chi connectivity index (χ0) is 15.0. The van der Waals surface area contributed by atoms with Crippen LogP contribution in [-0.4, -0.2) is 11.5 Å². The Hall–Kier alpha value is -1.65. The molecule has 4 heteroatoms. The summed E-state index contributed by atoms with van der Waals surface area (Å²) in [7, 11) is 0. The Balaban J connectivity index is 2.08. The van der Waals surface area contributed by atoms with Gasteiger partial charge in [-0.25, -0.2) is 4.98 Å². The highest BCUT2D eigenvalue weighted by Crippen LogP contribution is 2.33. The van der Waals surface area contributed by atoms with E-state index in [1.807, 2.05) is 13.0 Å². The van der Waals surface area contributed by atoms with Crippen LogP contribution in [0, 0.1) is 20.8 Å². The van der Waals surface area contributed by atoms with Gasteiger partial charge in [0, 0.05) is 5.39 Å². The first-order valence-corrected chi connectivity index (χ1v) is 8.07. The molecule has 3 nitrogen and oxygen atoms in total. The number of nitrogens with one attached hydrogen (secondary N) is 1. The van der Waals surface area contributed by atoms with Gasteiger partial charge in [-0.05, 0) is 45.5 Å². The van der Waals surface area contributed by atoms with E-state index in [1.54, 1.807) is 11.3 Å². The van der Waals surface area contributed by atoms with Crippen molar-refractivity contribution in [2.45, 2.75) is 33.7 Å². The minimum Gasteiger partial charge on any atom is -0.459 e. The number of hydrogen-bond donors (Lipinski definition) is 1. The lowest BCUT2D eigenvalue weighted by Gasteiger charge is -2.14. The van der Waals surface area contributed by atoms with E-state index in [1.165, 1.54) is 10.4 Å². The predicted octanol–water partition coefficient (Wildman–Crippen LogP) is 4.51. The van der Waals surface area contributed by atoms with Gasteiger partial charge in [0.25, 0.3) is 0 Å². The molecule has 2 heterocycles. The highest BCUT2D eigenvalue weighted by molar-refractivity contribution is 7.11. The van der Waals surface area contributed by atoms with Crippen molar-refractivity contribution in [1.29, 1.82) is 0 Å². The molecular weight excluding hydrogens is 280 g/mol. The Morgan fingerprint density at radius 1 is 1.24 bits per heavy atom. The molecule has 1 unspecified atom stereocenters. The van der Waals surface area contributed by atoms with Crippen LogP contribution >= 0.6 is 11.3 Å². The molecule has 1 atom stereocenters. The Morgan fingerprint density at radius 2 is 2.05 bits per heavy atom. The minimum atomic E-state index is 0.0777. The summed E-state index contributed by atoms with van der Waals surface area (Å²) in [4.78, 5) is 5.79. The summed E-state index contributed by atoms with van der Waals surface area (Å²) in [5, 5.41) is 5.78. The van der Waals surface area contributed by atoms with Crippen molar-refractivity contribution in [1.82, 2.24) is 10.3 Å². The van der Waals surface area contributed by atoms with Crippen LogP contribution < -0.4 is 5.32 Å². The van der Waals surface area contributed by atoms with E-state index in [-0.39, 0.29) is 6.04 Å². The molecule has 2 aromatic heterocycles. The Morgan fingerprint density at radius 3 is 2.71 bits per heavy atom. The van der Waals surface area contributed by atoms with Crippen LogP contribution in [0.1, 0.15) is 39.9 Å². The number of benzene rings is 1. The number of hydrogen-bond acceptors (Lipinski definition) is 4. The highest BCUT2D eigenvalue weighted by atomic mass is 32.1. The number of rotatable bonds is 4. The molecule has 0 aliphatic rings. The van der Waals surface area contributed by atoms with Crippen LogP contribution in [0.2, 0.25) is 0 Å². The maximum absolute atomic E-state index is 6.07. The van der Waals surface area contributed by atoms with Gasteiger partial charge in [0.1, 0.15) is 17.4 Å². The second kappa shape index (κ2) is 5.62. The van der Waals surface area contributed by atoms with Crippen LogP contribution in [0.25, 0.3) is 11.0 Å². The summed E-state index contributed by atoms with van der Waals surface area (Å²) in [6.45, 7) is 9.22. The second-order valence-electron chi connectivity index (χ2n) is 5.36. The fraction of sp³-hybridized carbons (Fsp3) is 0.353. The summed E-state index contributed by atoms with van der Waals surface area (Å²) in [5.74, 6) is 0.962. The van der Waals surface area contributed by atoms with Crippen LogP contribution in [0.3, 0.4) is 0 Å². The van der Waals surface area contributed by atoms with Crippen molar-refractivity contribution in [3.8, 4) is 0 Å². The van der Waals surface area contributed by atoms with Gasteiger partial charge >= 0.3 is 0 Å². The third kappa shape index (κ3) is 2.74. The summed E-state index contributed by atoms with van der Waals surface area (Å²) >= 11 is 1.74. The van der Waals surface area contributed by atoms with Crippen molar-refractivity contribution in [2.75, 3.05) is 6.54 Å². The first kappa shape index (κ1) is 14.3. The van der Waals surface area contributed by atoms with Crippen LogP contribution in [0.5, 0.6) is 0 Å². The summed E-state index contributed by atoms with van der Waals surface area (Å²) < 4.78 is 6.07. The summed E-state index contributed by atoms with van der Waals surface area (Å²) in [6.07, 6.45) is 0. The van der Waals surface area contributed by atoms with Crippen molar-refractivity contribution >= 4 is 22.3 Å². The molecule has 110 valence electrons. The van der Waals surface area contributed by atoms with E-state index in [0.717, 1.165) is 34.0 Å². The molecule has 0 bridgehead atoms. The van der Waals surface area contributed by atoms with Gasteiger partial charge < -0.3 is 9.73 Å². The minimum absolute atomic E-state index is 0.0777. The lowest BCUT2D eigenvalue weighted by Crippen LogP contribution is -2.21. The molecule has 0 saturated heterocycles. The number of furan rings is 1. The Labute approximate surface area is 129 Å². The molecule has 0 aliphatic heterocycles. The predicted molar refractivity (Wildman–Crippen MR) is 88.1 cm³/mol. The quantitative estimate of drug-likeness (QED) is 0.770. The van der Waals surface area contributed by atoms with E-state index in [0.29, 0.717) is 0 Å². The van der Waals surface area contributed by atoms with E-state index in [9.17, 15) is 0 Å². The molecule has 21 heavy (non-hydrogen) atoms. The number of thiazole rings is 1. The molecule has 1 aromatic carbocycles. The normalized spacial score (nSPS) is 13.0. The number of fused-ring (bicyclic) bond motifs is 1. The molecule has 3 rings (SSSR count). The molecule has 0 radical (unpaired) electrons. The van der Waals surface area contributed by atoms with Crippen LogP contribution in [-0.2, 0) is 0 Å². The molecule has 0 amide bonds. The van der Waals surface area contributed by atoms with Crippen LogP contribution in [0.15, 0.2) is 28.7 Å². The third-order valence-electron chi connectivity index (χ3n) is 3.59. The lowest BCUT2D eigenvalue weighted by atomic mass is 10.1. The Kier molecular flexibility index (Phi) is 3.83. The molecule has 0 saturated carbocycles. The molecule has 0 spiro atoms. The number of aromatic nitrogens is 1. The number of nitrogens with zero attached hydrogens (tertiary/aromatic N) is 1. The zero-order valence-corrected chi connectivity index (χ0v) is 13.7. The van der Waals surface area contributed by atoms with Crippen molar-refractivity contribution in [3.05, 3.63) is 51.2 Å². The first-order valence-electron chi connectivity index (χ1n) is 7.26. The summed E-state index contributed by atoms with van der Waals surface area (Å²) in [6, 6.07) is 8.51. The van der Waals surface area contributed by atoms with E-state index in [2.05, 4.69) is 49.3 Å². The van der Waals surface area contributed by atoms with Gasteiger partial charge in [0.05, 0.1) is 15.6 Å². The largest absolute Gasteiger partial charge is 0.459 e. The molecular formula is C17H20N2OS. The van der Waals surface area contributed by atoms with Gasteiger partial charge in [0.15, 0.2) is 0 Å². The standard InChI is InChI=1S/C17H20N2OS/c1-5-18-16(17-11(3)19-12(4)21-17)15-9-13-8-10(2)6-7-14(13)20-15/h6-9,16,18H,5H2,1-4H3. The average molecular weight is 300 g/mol. The monoisotopic (exact) mass is 300 g/mol. The van der Waals surface area contributed by atoms with Gasteiger partial charge in [-0.3, -0.25) is 0 Å². The number of aryl methyl sites for hydroxylation is 3. The fourth-order valence-corrected chi connectivity index (χ4v) is 3.68. The third-order valence-corrected chi connectivity index (χ3v) is 4.72. The van der Waals surface area contributed by atoms with Gasteiger partial charge in [0.2, 0.25) is 0 Å². The maximum Gasteiger partial charge on any atom is 0.134 e. The van der Waals surface area contributed by atoms with E-state index >= 15 is 0 Å². The molecule has 3 aromatic rings. The van der Waals surface area contributed by atoms with Gasteiger partial charge in [-0.15, -0.1) is 11.3 Å². The first-order chi connectivity index (χ1) is 10.1. The molecule has 0 fully saturated rings. The fourth-order valence-electron chi connectivity index (χ4n) is 2.67. The Bertz CT molecular complexity index is 772. The SMILES string of the molecule is CCNC(c1cc2cc(C)ccc2o1)c1sc(C)nc1C. The molecule has 1 N–H and O–H groups in total. The highest BCUT2D eigenvalue weighted by Gasteiger charge is 2.22. The second-order valence-corrected chi connectivity index (χ2v) is 6.60. The summed E-state index contributed by atoms with van der Waals surface area (Å²) in [5.41, 5.74) is 3.28. The van der Waals surface area contributed by atoms with Gasteiger partial charge in [-0.1, -0.05) is 18.6 Å². The maximum atomic E-state index is 6.07. The topological polar surface area (TPSA) is 38.1 Å². The lowest BCUT2D eigenvalue weighted by molar-refractivity contribution is 0.479. The van der Waals surface area contributed by atoms with Crippen molar-refractivity contribution in [2.24, 2.45) is 0 Å². The average Bonchev–Trinajstić information content (AvgIpc) is 2.98. The van der Waals surface area contributed by atoms with Crippen molar-refractivity contribution in [3.63, 3.8) is 0 Å². The molecule has 0 aliphatic carbocycles. The van der Waals surface area contributed by atoms with Gasteiger partial charge in [-0.2, -0.15) is 0 Å². The zero-order valence-electron chi connectivity index (χ0n) is 12.9.